The summed E-state index contributed by atoms with van der Waals surface area (Å²) < 4.78 is 5.44. The van der Waals surface area contributed by atoms with Gasteiger partial charge < -0.3 is 9.84 Å². The molecule has 1 heterocycles. The first-order chi connectivity index (χ1) is 10.6. The lowest BCUT2D eigenvalue weighted by Crippen LogP contribution is -2.49. The Kier molecular flexibility index (Phi) is 6.54. The lowest BCUT2D eigenvalue weighted by molar-refractivity contribution is 0.00949. The number of ether oxygens (including phenoxy) is 1. The molecular weight excluding hydrogens is 300 g/mol. The van der Waals surface area contributed by atoms with E-state index in [1.165, 1.54) is 11.8 Å². The van der Waals surface area contributed by atoms with Crippen LogP contribution in [-0.4, -0.2) is 51.9 Å². The van der Waals surface area contributed by atoms with Gasteiger partial charge in [0.25, 0.3) is 5.24 Å². The van der Waals surface area contributed by atoms with Crippen molar-refractivity contribution in [2.75, 3.05) is 25.4 Å². The van der Waals surface area contributed by atoms with Gasteiger partial charge in [-0.1, -0.05) is 23.9 Å². The van der Waals surface area contributed by atoms with Crippen molar-refractivity contribution >= 4 is 17.0 Å². The Morgan fingerprint density at radius 3 is 2.73 bits per heavy atom. The van der Waals surface area contributed by atoms with Crippen LogP contribution >= 0.6 is 11.8 Å². The molecule has 0 aliphatic carbocycles. The highest BCUT2D eigenvalue weighted by Gasteiger charge is 2.26. The Bertz CT molecular complexity index is 479. The number of benzene rings is 1. The molecule has 1 unspecified atom stereocenters. The molecular formula is C16H24N2O3S. The second-order valence-corrected chi connectivity index (χ2v) is 6.39. The van der Waals surface area contributed by atoms with Crippen molar-refractivity contribution in [1.82, 2.24) is 10.0 Å². The first-order valence-corrected chi connectivity index (χ1v) is 8.67. The van der Waals surface area contributed by atoms with E-state index < -0.39 is 0 Å². The zero-order valence-electron chi connectivity index (χ0n) is 13.2. The number of carbonyl (C=O) groups is 1. The number of amides is 1. The van der Waals surface area contributed by atoms with Crippen molar-refractivity contribution < 1.29 is 14.6 Å². The van der Waals surface area contributed by atoms with E-state index in [0.29, 0.717) is 26.1 Å². The van der Waals surface area contributed by atoms with Gasteiger partial charge in [-0.3, -0.25) is 9.80 Å². The van der Waals surface area contributed by atoms with E-state index in [4.69, 9.17) is 4.74 Å². The van der Waals surface area contributed by atoms with E-state index >= 15 is 0 Å². The highest BCUT2D eigenvalue weighted by Crippen LogP contribution is 2.22. The van der Waals surface area contributed by atoms with Gasteiger partial charge in [-0.15, -0.1) is 0 Å². The van der Waals surface area contributed by atoms with Gasteiger partial charge in [0, 0.05) is 18.8 Å². The third-order valence-corrected chi connectivity index (χ3v) is 4.34. The molecule has 1 aliphatic rings. The Hall–Kier alpha value is -1.24. The highest BCUT2D eigenvalue weighted by atomic mass is 32.2. The number of hydrogen-bond donors (Lipinski definition) is 1. The molecule has 6 heteroatoms. The minimum Gasteiger partial charge on any atom is -0.494 e. The Labute approximate surface area is 136 Å². The minimum absolute atomic E-state index is 0.0747. The minimum atomic E-state index is -0.350. The van der Waals surface area contributed by atoms with Gasteiger partial charge in [-0.2, -0.15) is 0 Å². The van der Waals surface area contributed by atoms with E-state index in [1.54, 1.807) is 11.9 Å². The third-order valence-electron chi connectivity index (χ3n) is 3.50. The van der Waals surface area contributed by atoms with Gasteiger partial charge in [-0.25, -0.2) is 5.01 Å². The summed E-state index contributed by atoms with van der Waals surface area (Å²) in [7, 11) is 0. The van der Waals surface area contributed by atoms with Crippen LogP contribution < -0.4 is 4.74 Å². The third kappa shape index (κ3) is 4.90. The molecule has 5 nitrogen and oxygen atoms in total. The molecule has 1 atom stereocenters. The predicted molar refractivity (Wildman–Crippen MR) is 88.9 cm³/mol. The van der Waals surface area contributed by atoms with E-state index in [1.807, 2.05) is 36.2 Å². The van der Waals surface area contributed by atoms with E-state index in [9.17, 15) is 9.90 Å². The molecule has 22 heavy (non-hydrogen) atoms. The van der Waals surface area contributed by atoms with Crippen LogP contribution in [0.5, 0.6) is 5.75 Å². The molecule has 2 rings (SSSR count). The fourth-order valence-electron chi connectivity index (χ4n) is 2.31. The number of hydrazine groups is 1. The largest absolute Gasteiger partial charge is 0.494 e. The number of hydrogen-bond acceptors (Lipinski definition) is 5. The van der Waals surface area contributed by atoms with Gasteiger partial charge in [-0.05, 0) is 38.0 Å². The van der Waals surface area contributed by atoms with Crippen molar-refractivity contribution in [3.63, 3.8) is 0 Å². The fraction of sp³-hybridized carbons (Fsp3) is 0.562. The molecule has 122 valence electrons. The van der Waals surface area contributed by atoms with Crippen molar-refractivity contribution in [3.05, 3.63) is 29.8 Å². The number of nitrogens with zero attached hydrogens (tertiary/aromatic N) is 2. The molecule has 0 bridgehead atoms. The molecule has 0 spiro atoms. The molecule has 1 aromatic rings. The van der Waals surface area contributed by atoms with Crippen LogP contribution in [-0.2, 0) is 6.54 Å². The van der Waals surface area contributed by atoms with Crippen LogP contribution in [0, 0.1) is 0 Å². The number of thioether (sulfide) groups is 1. The van der Waals surface area contributed by atoms with Crippen LogP contribution in [0.3, 0.4) is 0 Å². The molecule has 0 saturated carbocycles. The summed E-state index contributed by atoms with van der Waals surface area (Å²) in [6, 6.07) is 7.84. The lowest BCUT2D eigenvalue weighted by Gasteiger charge is -2.38. The molecule has 1 amide bonds. The lowest BCUT2D eigenvalue weighted by atomic mass is 10.2. The molecule has 0 aromatic heterocycles. The average molecular weight is 324 g/mol. The molecule has 1 aromatic carbocycles. The van der Waals surface area contributed by atoms with E-state index in [-0.39, 0.29) is 11.3 Å². The standard InChI is InChI=1S/C16H24N2O3S/c1-3-21-15-6-4-14(5-7-15)12-18-16(20)22-11-10-17(18)9-8-13(2)19/h4-7,13,19H,3,8-12H2,1-2H3. The highest BCUT2D eigenvalue weighted by molar-refractivity contribution is 8.13. The van der Waals surface area contributed by atoms with Gasteiger partial charge in [0.2, 0.25) is 0 Å². The van der Waals surface area contributed by atoms with Crippen molar-refractivity contribution in [1.29, 1.82) is 0 Å². The molecule has 1 aliphatic heterocycles. The maximum Gasteiger partial charge on any atom is 0.296 e. The predicted octanol–water partition coefficient (Wildman–Crippen LogP) is 2.74. The van der Waals surface area contributed by atoms with Crippen LogP contribution in [0.25, 0.3) is 0 Å². The molecule has 1 fully saturated rings. The zero-order chi connectivity index (χ0) is 15.9. The Balaban J connectivity index is 2.00. The summed E-state index contributed by atoms with van der Waals surface area (Å²) in [5.41, 5.74) is 1.07. The van der Waals surface area contributed by atoms with Gasteiger partial charge in [0.1, 0.15) is 5.75 Å². The number of aliphatic hydroxyl groups is 1. The smallest absolute Gasteiger partial charge is 0.296 e. The van der Waals surface area contributed by atoms with Crippen molar-refractivity contribution in [2.45, 2.75) is 32.9 Å². The van der Waals surface area contributed by atoms with E-state index in [2.05, 4.69) is 0 Å². The van der Waals surface area contributed by atoms with Crippen LogP contribution in [0.2, 0.25) is 0 Å². The van der Waals surface area contributed by atoms with Crippen molar-refractivity contribution in [2.24, 2.45) is 0 Å². The second-order valence-electron chi connectivity index (χ2n) is 5.34. The summed E-state index contributed by atoms with van der Waals surface area (Å²) in [6.45, 7) is 6.46. The SMILES string of the molecule is CCOc1ccc(CN2C(=O)SCCN2CCC(C)O)cc1. The van der Waals surface area contributed by atoms with Crippen LogP contribution in [0.15, 0.2) is 24.3 Å². The fourth-order valence-corrected chi connectivity index (χ4v) is 3.12. The zero-order valence-corrected chi connectivity index (χ0v) is 14.0. The first-order valence-electron chi connectivity index (χ1n) is 7.69. The van der Waals surface area contributed by atoms with Gasteiger partial charge >= 0.3 is 0 Å². The van der Waals surface area contributed by atoms with Gasteiger partial charge in [0.15, 0.2) is 0 Å². The summed E-state index contributed by atoms with van der Waals surface area (Å²) in [6.07, 6.45) is 0.314. The Morgan fingerprint density at radius 2 is 2.09 bits per heavy atom. The van der Waals surface area contributed by atoms with Crippen molar-refractivity contribution in [3.8, 4) is 5.75 Å². The summed E-state index contributed by atoms with van der Waals surface area (Å²) in [5, 5.41) is 13.4. The van der Waals surface area contributed by atoms with Crippen LogP contribution in [0.1, 0.15) is 25.8 Å². The number of rotatable bonds is 7. The van der Waals surface area contributed by atoms with Crippen LogP contribution in [0.4, 0.5) is 4.79 Å². The Morgan fingerprint density at radius 1 is 1.36 bits per heavy atom. The topological polar surface area (TPSA) is 53.0 Å². The maximum atomic E-state index is 12.2. The normalized spacial score (nSPS) is 17.6. The quantitative estimate of drug-likeness (QED) is 0.836. The average Bonchev–Trinajstić information content (AvgIpc) is 2.50. The maximum absolute atomic E-state index is 12.2. The van der Waals surface area contributed by atoms with Gasteiger partial charge in [0.05, 0.1) is 19.3 Å². The molecule has 1 saturated heterocycles. The summed E-state index contributed by atoms with van der Waals surface area (Å²) in [5.74, 6) is 1.65. The number of aliphatic hydroxyl groups excluding tert-OH is 1. The number of carbonyl (C=O) groups excluding carboxylic acids is 1. The second kappa shape index (κ2) is 8.41. The molecule has 0 radical (unpaired) electrons. The van der Waals surface area contributed by atoms with E-state index in [0.717, 1.165) is 23.6 Å². The summed E-state index contributed by atoms with van der Waals surface area (Å²) >= 11 is 1.35. The monoisotopic (exact) mass is 324 g/mol. The molecule has 1 N–H and O–H groups in total. The first kappa shape index (κ1) is 17.1. The summed E-state index contributed by atoms with van der Waals surface area (Å²) in [4.78, 5) is 12.2.